The summed E-state index contributed by atoms with van der Waals surface area (Å²) < 4.78 is 12.5. The number of aromatic nitrogens is 2. The molecule has 0 fully saturated rings. The van der Waals surface area contributed by atoms with Crippen LogP contribution in [0.4, 0.5) is 11.5 Å². The Balaban J connectivity index is 1.47. The maximum Gasteiger partial charge on any atom is 0.277 e. The van der Waals surface area contributed by atoms with Gasteiger partial charge in [-0.05, 0) is 59.9 Å². The largest absolute Gasteiger partial charge is 0.493 e. The molecule has 0 spiro atoms. The fourth-order valence-corrected chi connectivity index (χ4v) is 5.89. The third-order valence-corrected chi connectivity index (χ3v) is 7.92. The molecule has 204 valence electrons. The van der Waals surface area contributed by atoms with Gasteiger partial charge in [0.05, 0.1) is 25.5 Å². The first-order valence-corrected chi connectivity index (χ1v) is 13.3. The van der Waals surface area contributed by atoms with Crippen LogP contribution in [0.25, 0.3) is 5.69 Å². The number of rotatable bonds is 6. The van der Waals surface area contributed by atoms with Crippen LogP contribution in [0.5, 0.6) is 11.5 Å². The molecule has 1 aromatic heterocycles. The molecule has 0 amide bonds. The Morgan fingerprint density at radius 1 is 0.850 bits per heavy atom. The van der Waals surface area contributed by atoms with E-state index < -0.39 is 5.92 Å². The Kier molecular flexibility index (Phi) is 6.46. The molecule has 0 saturated carbocycles. The van der Waals surface area contributed by atoms with Crippen LogP contribution in [0.3, 0.4) is 0 Å². The monoisotopic (exact) mass is 536 g/mol. The third-order valence-electron chi connectivity index (χ3n) is 7.92. The van der Waals surface area contributed by atoms with Crippen molar-refractivity contribution in [2.45, 2.75) is 24.7 Å². The van der Waals surface area contributed by atoms with Gasteiger partial charge in [-0.25, -0.2) is 4.68 Å². The molecule has 0 bridgehead atoms. The van der Waals surface area contributed by atoms with Gasteiger partial charge in [0.15, 0.2) is 17.3 Å². The zero-order valence-electron chi connectivity index (χ0n) is 23.0. The van der Waals surface area contributed by atoms with E-state index in [1.54, 1.807) is 18.9 Å². The number of benzene rings is 3. The van der Waals surface area contributed by atoms with E-state index in [2.05, 4.69) is 10.4 Å². The second-order valence-electron chi connectivity index (χ2n) is 10.5. The quantitative estimate of drug-likeness (QED) is 0.352. The molecule has 2 atom stereocenters. The summed E-state index contributed by atoms with van der Waals surface area (Å²) in [5.74, 6) is 1.42. The summed E-state index contributed by atoms with van der Waals surface area (Å²) in [5, 5.41) is 6.74. The van der Waals surface area contributed by atoms with Gasteiger partial charge in [-0.2, -0.15) is 0 Å². The first kappa shape index (κ1) is 25.6. The number of methoxy groups -OCH3 is 2. The lowest BCUT2D eigenvalue weighted by atomic mass is 9.72. The first-order chi connectivity index (χ1) is 19.4. The highest BCUT2D eigenvalue weighted by Crippen LogP contribution is 2.47. The summed E-state index contributed by atoms with van der Waals surface area (Å²) in [6.07, 6.45) is 0.968. The predicted molar refractivity (Wildman–Crippen MR) is 156 cm³/mol. The van der Waals surface area contributed by atoms with Gasteiger partial charge in [-0.15, -0.1) is 0 Å². The van der Waals surface area contributed by atoms with Gasteiger partial charge < -0.3 is 19.7 Å². The number of nitrogens with zero attached hydrogens (tertiary/aromatic N) is 2. The molecule has 8 heteroatoms. The van der Waals surface area contributed by atoms with Gasteiger partial charge in [0.25, 0.3) is 5.56 Å². The van der Waals surface area contributed by atoms with Gasteiger partial charge in [-0.3, -0.25) is 14.7 Å². The summed E-state index contributed by atoms with van der Waals surface area (Å²) >= 11 is 0. The van der Waals surface area contributed by atoms with Crippen LogP contribution >= 0.6 is 0 Å². The Morgan fingerprint density at radius 3 is 2.23 bits per heavy atom. The molecule has 2 N–H and O–H groups in total. The van der Waals surface area contributed by atoms with Crippen molar-refractivity contribution >= 4 is 17.3 Å². The van der Waals surface area contributed by atoms with Crippen molar-refractivity contribution in [3.05, 3.63) is 111 Å². The third kappa shape index (κ3) is 4.25. The van der Waals surface area contributed by atoms with Crippen LogP contribution in [-0.4, -0.2) is 43.9 Å². The van der Waals surface area contributed by atoms with Crippen LogP contribution in [0.15, 0.2) is 88.9 Å². The van der Waals surface area contributed by atoms with E-state index in [1.165, 1.54) is 0 Å². The highest BCUT2D eigenvalue weighted by molar-refractivity contribution is 6.01. The number of H-pyrrole nitrogens is 1. The summed E-state index contributed by atoms with van der Waals surface area (Å²) in [7, 11) is 7.19. The maximum atomic E-state index is 14.0. The van der Waals surface area contributed by atoms with E-state index in [0.29, 0.717) is 41.3 Å². The molecule has 0 radical (unpaired) electrons. The number of aromatic amines is 1. The SMILES string of the molecule is COc1ccc(C2CC(=O)C3=C(C2)Nc2[nH]n(-c4ccccc4)c(=O)c2C3c2ccc(N(C)C)cc2)cc1OC. The van der Waals surface area contributed by atoms with Crippen molar-refractivity contribution in [1.82, 2.24) is 9.78 Å². The second-order valence-corrected chi connectivity index (χ2v) is 10.5. The second kappa shape index (κ2) is 10.1. The highest BCUT2D eigenvalue weighted by Gasteiger charge is 2.41. The minimum atomic E-state index is -0.477. The van der Waals surface area contributed by atoms with Gasteiger partial charge in [-0.1, -0.05) is 36.4 Å². The fraction of sp³-hybridized carbons (Fsp3) is 0.250. The van der Waals surface area contributed by atoms with Crippen molar-refractivity contribution < 1.29 is 14.3 Å². The van der Waals surface area contributed by atoms with E-state index in [4.69, 9.17) is 9.47 Å². The average molecular weight is 537 g/mol. The number of ether oxygens (including phenoxy) is 2. The molecule has 1 aliphatic heterocycles. The van der Waals surface area contributed by atoms with Gasteiger partial charge in [0.1, 0.15) is 5.82 Å². The number of hydrogen-bond acceptors (Lipinski definition) is 6. The van der Waals surface area contributed by atoms with Crippen molar-refractivity contribution in [3.8, 4) is 17.2 Å². The number of hydrogen-bond donors (Lipinski definition) is 2. The molecule has 2 heterocycles. The van der Waals surface area contributed by atoms with Crippen molar-refractivity contribution in [1.29, 1.82) is 0 Å². The Labute approximate surface area is 232 Å². The molecule has 2 aliphatic rings. The molecule has 4 aromatic rings. The lowest BCUT2D eigenvalue weighted by molar-refractivity contribution is -0.116. The number of ketones is 1. The lowest BCUT2D eigenvalue weighted by Gasteiger charge is -2.34. The number of nitrogens with one attached hydrogen (secondary N) is 2. The van der Waals surface area contributed by atoms with E-state index in [0.717, 1.165) is 28.2 Å². The lowest BCUT2D eigenvalue weighted by Crippen LogP contribution is -2.32. The number of fused-ring (bicyclic) bond motifs is 1. The summed E-state index contributed by atoms with van der Waals surface area (Å²) in [6, 6.07) is 23.4. The van der Waals surface area contributed by atoms with E-state index in [-0.39, 0.29) is 17.3 Å². The molecule has 3 aromatic carbocycles. The van der Waals surface area contributed by atoms with Crippen LogP contribution in [-0.2, 0) is 4.79 Å². The van der Waals surface area contributed by atoms with Crippen molar-refractivity contribution in [2.24, 2.45) is 0 Å². The number of carbonyl (C=O) groups excluding carboxylic acids is 1. The number of anilines is 2. The number of Topliss-reactive ketones (excluding diaryl/α,β-unsaturated/α-hetero) is 1. The first-order valence-electron chi connectivity index (χ1n) is 13.3. The minimum absolute atomic E-state index is 0.0349. The normalized spacial score (nSPS) is 18.1. The van der Waals surface area contributed by atoms with Gasteiger partial charge in [0, 0.05) is 43.4 Å². The summed E-state index contributed by atoms with van der Waals surface area (Å²) in [6.45, 7) is 0. The van der Waals surface area contributed by atoms with Crippen LogP contribution in [0.1, 0.15) is 41.4 Å². The molecule has 0 saturated heterocycles. The topological polar surface area (TPSA) is 88.6 Å². The summed E-state index contributed by atoms with van der Waals surface area (Å²) in [4.78, 5) is 29.9. The minimum Gasteiger partial charge on any atom is -0.493 e. The molecule has 1 aliphatic carbocycles. The smallest absolute Gasteiger partial charge is 0.277 e. The van der Waals surface area contributed by atoms with E-state index in [9.17, 15) is 9.59 Å². The van der Waals surface area contributed by atoms with Gasteiger partial charge in [0.2, 0.25) is 0 Å². The molecule has 6 rings (SSSR count). The van der Waals surface area contributed by atoms with Crippen molar-refractivity contribution in [2.75, 3.05) is 38.5 Å². The van der Waals surface area contributed by atoms with Gasteiger partial charge >= 0.3 is 0 Å². The predicted octanol–water partition coefficient (Wildman–Crippen LogP) is 5.21. The molecular formula is C32H32N4O4. The zero-order chi connectivity index (χ0) is 28.0. The van der Waals surface area contributed by atoms with E-state index in [1.807, 2.05) is 91.8 Å². The number of allylic oxidation sites excluding steroid dienone is 2. The van der Waals surface area contributed by atoms with Crippen LogP contribution in [0, 0.1) is 0 Å². The Bertz CT molecular complexity index is 1670. The molecule has 8 nitrogen and oxygen atoms in total. The standard InChI is InChI=1S/C32H32N4O4/c1-35(2)22-13-10-19(11-14-22)28-29-24(33-31-30(28)32(38)36(34-31)23-8-6-5-7-9-23)16-21(17-25(29)37)20-12-15-26(39-3)27(18-20)40-4/h5-15,18,21,28,33-34H,16-17H2,1-4H3. The molecular weight excluding hydrogens is 504 g/mol. The Morgan fingerprint density at radius 2 is 1.55 bits per heavy atom. The zero-order valence-corrected chi connectivity index (χ0v) is 23.0. The van der Waals surface area contributed by atoms with Crippen molar-refractivity contribution in [3.63, 3.8) is 0 Å². The Hall–Kier alpha value is -4.72. The molecule has 40 heavy (non-hydrogen) atoms. The van der Waals surface area contributed by atoms with Crippen LogP contribution < -0.4 is 25.2 Å². The highest BCUT2D eigenvalue weighted by atomic mass is 16.5. The van der Waals surface area contributed by atoms with Crippen LogP contribution in [0.2, 0.25) is 0 Å². The average Bonchev–Trinajstić information content (AvgIpc) is 3.31. The fourth-order valence-electron chi connectivity index (χ4n) is 5.89. The summed E-state index contributed by atoms with van der Waals surface area (Å²) in [5.41, 5.74) is 5.59. The number of para-hydroxylation sites is 1. The maximum absolute atomic E-state index is 14.0. The number of carbonyl (C=O) groups is 1. The van der Waals surface area contributed by atoms with E-state index >= 15 is 0 Å². The molecule has 2 unspecified atom stereocenters.